The lowest BCUT2D eigenvalue weighted by Gasteiger charge is -2.27. The second-order valence-corrected chi connectivity index (χ2v) is 5.98. The molecule has 0 aliphatic heterocycles. The van der Waals surface area contributed by atoms with Gasteiger partial charge in [-0.1, -0.05) is 60.7 Å². The molecule has 0 aliphatic rings. The Morgan fingerprint density at radius 1 is 1.00 bits per heavy atom. The summed E-state index contributed by atoms with van der Waals surface area (Å²) in [6.45, 7) is 0. The monoisotopic (exact) mass is 336 g/mol. The smallest absolute Gasteiger partial charge is 0.281 e. The van der Waals surface area contributed by atoms with Crippen molar-refractivity contribution in [1.29, 1.82) is 0 Å². The summed E-state index contributed by atoms with van der Waals surface area (Å²) in [7, 11) is 0. The number of hydrazone groups is 1. The lowest BCUT2D eigenvalue weighted by atomic mass is 9.85. The molecule has 5 heteroatoms. The quantitative estimate of drug-likeness (QED) is 0.555. The van der Waals surface area contributed by atoms with E-state index in [0.717, 1.165) is 5.56 Å². The highest BCUT2D eigenvalue weighted by atomic mass is 32.1. The maximum absolute atomic E-state index is 12.7. The maximum atomic E-state index is 12.7. The van der Waals surface area contributed by atoms with Gasteiger partial charge in [0, 0.05) is 5.56 Å². The van der Waals surface area contributed by atoms with Crippen LogP contribution in [0.2, 0.25) is 0 Å². The fourth-order valence-corrected chi connectivity index (χ4v) is 2.99. The number of hydrogen-bond acceptors (Lipinski definition) is 4. The van der Waals surface area contributed by atoms with E-state index in [1.807, 2.05) is 29.0 Å². The summed E-state index contributed by atoms with van der Waals surface area (Å²) in [5, 5.41) is 19.0. The predicted molar refractivity (Wildman–Crippen MR) is 95.9 cm³/mol. The van der Waals surface area contributed by atoms with E-state index in [-0.39, 0.29) is 0 Å². The first-order chi connectivity index (χ1) is 11.7. The van der Waals surface area contributed by atoms with E-state index < -0.39 is 11.5 Å². The molecule has 2 aromatic carbocycles. The molecule has 3 aromatic rings. The number of nitrogens with one attached hydrogen (secondary N) is 1. The Kier molecular flexibility index (Phi) is 4.84. The van der Waals surface area contributed by atoms with Gasteiger partial charge in [-0.2, -0.15) is 16.4 Å². The predicted octanol–water partition coefficient (Wildman–Crippen LogP) is 3.13. The standard InChI is InChI=1S/C19H16N2O2S/c22-18(21-20-13-15-11-12-24-14-15)19(23,16-7-3-1-4-8-16)17-9-5-2-6-10-17/h1-14,23H,(H,21,22)/b20-13-. The summed E-state index contributed by atoms with van der Waals surface area (Å²) in [5.41, 5.74) is 2.50. The van der Waals surface area contributed by atoms with Crippen LogP contribution in [0.5, 0.6) is 0 Å². The van der Waals surface area contributed by atoms with E-state index in [0.29, 0.717) is 11.1 Å². The Balaban J connectivity index is 1.91. The van der Waals surface area contributed by atoms with Crippen LogP contribution in [0.1, 0.15) is 16.7 Å². The van der Waals surface area contributed by atoms with Crippen molar-refractivity contribution in [3.63, 3.8) is 0 Å². The largest absolute Gasteiger partial charge is 0.372 e. The molecule has 0 saturated heterocycles. The molecular weight excluding hydrogens is 320 g/mol. The van der Waals surface area contributed by atoms with Gasteiger partial charge in [0.1, 0.15) is 0 Å². The molecule has 1 heterocycles. The molecular formula is C19H16N2O2S. The van der Waals surface area contributed by atoms with E-state index in [1.165, 1.54) is 0 Å². The Labute approximate surface area is 144 Å². The van der Waals surface area contributed by atoms with Gasteiger partial charge in [-0.15, -0.1) is 0 Å². The number of nitrogens with zero attached hydrogens (tertiary/aromatic N) is 1. The molecule has 3 rings (SSSR count). The van der Waals surface area contributed by atoms with E-state index in [9.17, 15) is 9.90 Å². The van der Waals surface area contributed by atoms with Crippen molar-refractivity contribution in [2.75, 3.05) is 0 Å². The normalized spacial score (nSPS) is 11.5. The van der Waals surface area contributed by atoms with Crippen LogP contribution in [0.25, 0.3) is 0 Å². The van der Waals surface area contributed by atoms with Crippen LogP contribution in [0.4, 0.5) is 0 Å². The molecule has 0 saturated carbocycles. The zero-order valence-electron chi connectivity index (χ0n) is 12.8. The van der Waals surface area contributed by atoms with Gasteiger partial charge in [-0.25, -0.2) is 5.43 Å². The van der Waals surface area contributed by atoms with Crippen LogP contribution in [-0.2, 0) is 10.4 Å². The maximum Gasteiger partial charge on any atom is 0.281 e. The highest BCUT2D eigenvalue weighted by Gasteiger charge is 2.39. The summed E-state index contributed by atoms with van der Waals surface area (Å²) in [6.07, 6.45) is 1.55. The van der Waals surface area contributed by atoms with Crippen LogP contribution in [0.15, 0.2) is 82.6 Å². The Morgan fingerprint density at radius 3 is 2.08 bits per heavy atom. The molecule has 2 N–H and O–H groups in total. The van der Waals surface area contributed by atoms with Crippen molar-refractivity contribution < 1.29 is 9.90 Å². The molecule has 120 valence electrons. The zero-order chi connectivity index (χ0) is 16.8. The summed E-state index contributed by atoms with van der Waals surface area (Å²) >= 11 is 1.54. The highest BCUT2D eigenvalue weighted by molar-refractivity contribution is 7.08. The van der Waals surface area contributed by atoms with Crippen LogP contribution >= 0.6 is 11.3 Å². The SMILES string of the molecule is O=C(N/N=C\c1ccsc1)C(O)(c1ccccc1)c1ccccc1. The highest BCUT2D eigenvalue weighted by Crippen LogP contribution is 2.29. The van der Waals surface area contributed by atoms with Gasteiger partial charge < -0.3 is 5.11 Å². The Bertz CT molecular complexity index is 776. The van der Waals surface area contributed by atoms with Crippen molar-refractivity contribution in [2.45, 2.75) is 5.60 Å². The molecule has 0 spiro atoms. The number of carbonyl (C=O) groups excluding carboxylic acids is 1. The van der Waals surface area contributed by atoms with Gasteiger partial charge in [-0.05, 0) is 28.0 Å². The molecule has 0 fully saturated rings. The lowest BCUT2D eigenvalue weighted by molar-refractivity contribution is -0.136. The van der Waals surface area contributed by atoms with Crippen LogP contribution < -0.4 is 5.43 Å². The summed E-state index contributed by atoms with van der Waals surface area (Å²) < 4.78 is 0. The molecule has 1 aromatic heterocycles. The minimum atomic E-state index is -1.81. The molecule has 4 nitrogen and oxygen atoms in total. The number of rotatable bonds is 5. The summed E-state index contributed by atoms with van der Waals surface area (Å²) in [6, 6.07) is 19.6. The number of carbonyl (C=O) groups is 1. The third kappa shape index (κ3) is 3.27. The van der Waals surface area contributed by atoms with E-state index in [4.69, 9.17) is 0 Å². The minimum Gasteiger partial charge on any atom is -0.372 e. The molecule has 24 heavy (non-hydrogen) atoms. The molecule has 1 amide bonds. The van der Waals surface area contributed by atoms with E-state index in [1.54, 1.807) is 66.1 Å². The van der Waals surface area contributed by atoms with Crippen LogP contribution in [-0.4, -0.2) is 17.2 Å². The van der Waals surface area contributed by atoms with Gasteiger partial charge in [0.15, 0.2) is 5.60 Å². The molecule has 0 bridgehead atoms. The van der Waals surface area contributed by atoms with Crippen molar-refractivity contribution >= 4 is 23.5 Å². The summed E-state index contributed by atoms with van der Waals surface area (Å²) in [4.78, 5) is 12.7. The van der Waals surface area contributed by atoms with Gasteiger partial charge in [0.25, 0.3) is 5.91 Å². The third-order valence-electron chi connectivity index (χ3n) is 3.63. The van der Waals surface area contributed by atoms with Gasteiger partial charge in [0.2, 0.25) is 0 Å². The minimum absolute atomic E-state index is 0.486. The van der Waals surface area contributed by atoms with Crippen LogP contribution in [0, 0.1) is 0 Å². The van der Waals surface area contributed by atoms with E-state index >= 15 is 0 Å². The van der Waals surface area contributed by atoms with Crippen LogP contribution in [0.3, 0.4) is 0 Å². The topological polar surface area (TPSA) is 61.7 Å². The first-order valence-electron chi connectivity index (χ1n) is 7.40. The van der Waals surface area contributed by atoms with Gasteiger partial charge >= 0.3 is 0 Å². The van der Waals surface area contributed by atoms with E-state index in [2.05, 4.69) is 10.5 Å². The number of benzene rings is 2. The average molecular weight is 336 g/mol. The molecule has 0 aliphatic carbocycles. The van der Waals surface area contributed by atoms with Gasteiger partial charge in [0.05, 0.1) is 6.21 Å². The zero-order valence-corrected chi connectivity index (χ0v) is 13.6. The molecule has 0 unspecified atom stereocenters. The van der Waals surface area contributed by atoms with Crippen molar-refractivity contribution in [3.8, 4) is 0 Å². The third-order valence-corrected chi connectivity index (χ3v) is 4.34. The first kappa shape index (κ1) is 16.1. The number of amides is 1. The average Bonchev–Trinajstić information content (AvgIpc) is 3.16. The van der Waals surface area contributed by atoms with Crippen molar-refractivity contribution in [2.24, 2.45) is 5.10 Å². The lowest BCUT2D eigenvalue weighted by Crippen LogP contribution is -2.43. The number of hydrogen-bond donors (Lipinski definition) is 2. The first-order valence-corrected chi connectivity index (χ1v) is 8.34. The van der Waals surface area contributed by atoms with Crippen molar-refractivity contribution in [3.05, 3.63) is 94.2 Å². The number of thiophene rings is 1. The second kappa shape index (κ2) is 7.21. The number of aliphatic hydroxyl groups is 1. The van der Waals surface area contributed by atoms with Gasteiger partial charge in [-0.3, -0.25) is 4.79 Å². The Hall–Kier alpha value is -2.76. The fraction of sp³-hybridized carbons (Fsp3) is 0.0526. The fourth-order valence-electron chi connectivity index (χ4n) is 2.38. The summed E-state index contributed by atoms with van der Waals surface area (Å²) in [5.74, 6) is -0.605. The molecule has 0 radical (unpaired) electrons. The molecule has 0 atom stereocenters. The second-order valence-electron chi connectivity index (χ2n) is 5.20. The van der Waals surface area contributed by atoms with Crippen molar-refractivity contribution in [1.82, 2.24) is 5.43 Å². The Morgan fingerprint density at radius 2 is 1.58 bits per heavy atom.